The number of carbonyl (C=O) groups is 2. The van der Waals surface area contributed by atoms with Gasteiger partial charge in [-0.1, -0.05) is 0 Å². The predicted molar refractivity (Wildman–Crippen MR) is 282 cm³/mol. The quantitative estimate of drug-likeness (QED) is 0.161. The van der Waals surface area contributed by atoms with Crippen LogP contribution in [0.2, 0.25) is 0 Å². The van der Waals surface area contributed by atoms with Crippen molar-refractivity contribution in [1.82, 2.24) is 0 Å². The fourth-order valence-corrected chi connectivity index (χ4v) is 27.6. The topological polar surface area (TPSA) is 779 Å². The molecule has 8 heterocycles. The molecule has 8 fully saturated rings. The zero-order valence-corrected chi connectivity index (χ0v) is 62.7. The molecule has 0 aromatic carbocycles. The number of rotatable bonds is 0. The van der Waals surface area contributed by atoms with Gasteiger partial charge in [0.1, 0.15) is 13.2 Å². The molecule has 0 saturated carbocycles. The molecule has 104 heavy (non-hydrogen) atoms. The number of alkyl halides is 12. The molecule has 0 aliphatic carbocycles. The fraction of sp³-hybridized carbons (Fsp3) is 0.900. The van der Waals surface area contributed by atoms with Crippen molar-refractivity contribution >= 4 is 208 Å². The van der Waals surface area contributed by atoms with Crippen molar-refractivity contribution in [2.75, 3.05) is 33.6 Å². The molecule has 0 aromatic heterocycles. The zero-order valence-electron chi connectivity index (χ0n) is 47.2. The molecular weight excluding hydrogens is 1930 g/mol. The highest BCUT2D eigenvalue weighted by Crippen LogP contribution is 2.42. The van der Waals surface area contributed by atoms with Crippen LogP contribution < -0.4 is 0 Å². The van der Waals surface area contributed by atoms with Gasteiger partial charge in [-0.2, -0.15) is 199 Å². The Morgan fingerprint density at radius 2 is 0.490 bits per heavy atom. The van der Waals surface area contributed by atoms with Crippen LogP contribution in [0.5, 0.6) is 0 Å². The van der Waals surface area contributed by atoms with Gasteiger partial charge in [-0.3, -0.25) is 8.37 Å². The summed E-state index contributed by atoms with van der Waals surface area (Å²) >= 11 is -8.84. The van der Waals surface area contributed by atoms with Gasteiger partial charge >= 0.3 is 155 Å². The second-order valence-corrected chi connectivity index (χ2v) is 50.8. The van der Waals surface area contributed by atoms with Gasteiger partial charge in [0.25, 0.3) is 86.9 Å². The molecule has 0 atom stereocenters. The third-order valence-electron chi connectivity index (χ3n) is 8.49. The van der Waals surface area contributed by atoms with Gasteiger partial charge in [-0.15, -0.1) is 30.6 Å². The van der Waals surface area contributed by atoms with Crippen LogP contribution in [0.4, 0.5) is 62.3 Å². The highest BCUT2D eigenvalue weighted by Gasteiger charge is 2.69. The van der Waals surface area contributed by atoms with Gasteiger partial charge < -0.3 is 16.7 Å². The Morgan fingerprint density at radius 3 is 0.760 bits per heavy atom. The average molecular weight is 1950 g/mol. The molecule has 0 N–H and O–H groups in total. The Bertz CT molecular complexity index is 4770. The largest absolute Gasteiger partial charge is 0.540 e. The molecular formula is C20H24F12O53S19. The van der Waals surface area contributed by atoms with Crippen molar-refractivity contribution in [2.45, 2.75) is 69.5 Å². The van der Waals surface area contributed by atoms with E-state index in [1.54, 1.807) is 0 Å². The van der Waals surface area contributed by atoms with E-state index in [0.717, 1.165) is 27.7 Å². The van der Waals surface area contributed by atoms with Gasteiger partial charge in [0, 0.05) is 0 Å². The monoisotopic (exact) mass is 1950 g/mol. The lowest BCUT2D eigenvalue weighted by molar-refractivity contribution is -0.375. The highest BCUT2D eigenvalue weighted by atomic mass is 32.4. The van der Waals surface area contributed by atoms with Crippen molar-refractivity contribution in [2.24, 2.45) is 0 Å². The molecule has 0 bridgehead atoms. The van der Waals surface area contributed by atoms with Crippen molar-refractivity contribution in [1.29, 1.82) is 0 Å². The Balaban J connectivity index is 0.000000595. The Morgan fingerprint density at radius 1 is 0.279 bits per heavy atom. The minimum Gasteiger partial charge on any atom is -0.310 e. The molecule has 0 radical (unpaired) electrons. The molecule has 8 aliphatic heterocycles. The Hall–Kier alpha value is -3.13. The van der Waals surface area contributed by atoms with E-state index in [0.29, 0.717) is 0 Å². The summed E-state index contributed by atoms with van der Waals surface area (Å²) in [5.74, 6) is -3.64. The van der Waals surface area contributed by atoms with Gasteiger partial charge in [-0.25, -0.2) is 18.4 Å². The summed E-state index contributed by atoms with van der Waals surface area (Å²) in [6, 6.07) is 0. The number of carbonyl (C=O) groups excluding carboxylic acids is 2. The molecule has 8 saturated heterocycles. The van der Waals surface area contributed by atoms with Crippen molar-refractivity contribution < 1.29 is 273 Å². The lowest BCUT2D eigenvalue weighted by atomic mass is 10.4. The second kappa shape index (κ2) is 30.9. The lowest BCUT2D eigenvalue weighted by Crippen LogP contribution is -2.48. The summed E-state index contributed by atoms with van der Waals surface area (Å²) in [5.41, 5.74) is 0. The van der Waals surface area contributed by atoms with Crippen molar-refractivity contribution in [3.8, 4) is 0 Å². The molecule has 8 aliphatic rings. The standard InChI is InChI=1S/C4H6F2O6S2.C4H6O7S2.C3H2F4O6S2.C3H6O7S3.C2F2O7S2.C2H2F2O6S2.CF2O7S3.CH2O7S3/c5-4(6)1-11-13(7,8)3-14(9,10)12-2-4;1-4(2)12(6,7)10-3(5)11-13(4,8)9;4-2(5)3(6,7)13-15(10,11)1-14(8,9)12-2;1-3(2)12(5,6)9-11(4)10-13(3,7)8;3-2(4)12(6,7)10-1(5)11-13(2,8)9;3-2(4)9-11(5,6)1-12(7,8)10-2;2-1(3)12(5,6)9-11(4)10-13(1,7)8;2-9-7-10(3,4)1-11(5,6)8-9/h1-3H2;1-2H3;1H2;1-2H3;;1H2;;1H2. The third-order valence-corrected chi connectivity index (χ3v) is 41.2. The van der Waals surface area contributed by atoms with E-state index in [1.807, 2.05) is 0 Å². The third kappa shape index (κ3) is 26.3. The summed E-state index contributed by atoms with van der Waals surface area (Å²) < 4.78 is 556. The van der Waals surface area contributed by atoms with E-state index in [-0.39, 0.29) is 0 Å². The second-order valence-electron chi connectivity index (χ2n) is 17.4. The van der Waals surface area contributed by atoms with Crippen LogP contribution in [0.15, 0.2) is 0 Å². The van der Waals surface area contributed by atoms with E-state index in [4.69, 9.17) is 0 Å². The van der Waals surface area contributed by atoms with Crippen LogP contribution in [-0.4, -0.2) is 235 Å². The first kappa shape index (κ1) is 98.9. The molecule has 620 valence electrons. The first-order valence-electron chi connectivity index (χ1n) is 21.3. The summed E-state index contributed by atoms with van der Waals surface area (Å²) in [6.45, 7) is 0.673. The summed E-state index contributed by atoms with van der Waals surface area (Å²) in [4.78, 5) is 20.4. The van der Waals surface area contributed by atoms with Gasteiger partial charge in [-0.05, 0) is 27.7 Å². The van der Waals surface area contributed by atoms with Gasteiger partial charge in [0.15, 0.2) is 0 Å². The smallest absolute Gasteiger partial charge is 0.310 e. The SMILES string of the molecule is CC1(C)S(=O)(=O)OC(=O)OS1(=O)=O.CC1(C)S(=O)(=O)OS(=O)OS1(=O)=O.O=C1OS(=O)(=O)C(F)(F)S(=O)(=O)O1.O=S1(=O)CS(=O)(=O)OC(F)(F)C(F)(F)O1.O=S1(=O)CS(=O)(=O)OC(F)(F)O1.O=S1(=O)CS(=O)(=O)OCC(F)(F)CO1.O=S1OS(=O)(=O)C(F)(F)S(=O)(=O)O1.O=S1OS(=O)(=O)CS(=O)(=O)O1. The molecule has 8 rings (SSSR count). The lowest BCUT2D eigenvalue weighted by Gasteiger charge is -2.25. The molecule has 0 unspecified atom stereocenters. The maximum Gasteiger partial charge on any atom is 0.540 e. The van der Waals surface area contributed by atoms with E-state index >= 15 is 0 Å². The van der Waals surface area contributed by atoms with Crippen LogP contribution in [-0.2, 0) is 260 Å². The molecule has 0 amide bonds. The maximum absolute atomic E-state index is 12.6. The van der Waals surface area contributed by atoms with E-state index in [9.17, 15) is 210 Å². The van der Waals surface area contributed by atoms with Crippen LogP contribution in [0.3, 0.4) is 0 Å². The van der Waals surface area contributed by atoms with E-state index in [1.165, 1.54) is 0 Å². The van der Waals surface area contributed by atoms with E-state index in [2.05, 4.69) is 63.6 Å². The molecule has 84 heteroatoms. The van der Waals surface area contributed by atoms with Crippen LogP contribution >= 0.6 is 0 Å². The summed E-state index contributed by atoms with van der Waals surface area (Å²) in [7, 11) is -78.7. The summed E-state index contributed by atoms with van der Waals surface area (Å²) in [6.07, 6.45) is -19.8. The first-order chi connectivity index (χ1) is 44.8. The summed E-state index contributed by atoms with van der Waals surface area (Å²) in [5, 5.41) is -6.46. The highest BCUT2D eigenvalue weighted by molar-refractivity contribution is 8.15. The number of hydrogen-bond donors (Lipinski definition) is 0. The van der Waals surface area contributed by atoms with Gasteiger partial charge in [0.2, 0.25) is 28.5 Å². The van der Waals surface area contributed by atoms with Crippen molar-refractivity contribution in [3.63, 3.8) is 0 Å². The average Bonchev–Trinajstić information content (AvgIpc) is 1.14. The van der Waals surface area contributed by atoms with Crippen molar-refractivity contribution in [3.05, 3.63) is 0 Å². The number of hydrogen-bond acceptors (Lipinski definition) is 53. The normalized spacial score (nSPS) is 30.3. The Kier molecular flexibility index (Phi) is 29.3. The molecule has 0 spiro atoms. The Labute approximate surface area is 580 Å². The zero-order chi connectivity index (χ0) is 83.4. The maximum atomic E-state index is 12.6. The predicted octanol–water partition coefficient (Wildman–Crippen LogP) is -6.71. The molecule has 0 aromatic rings. The minimum atomic E-state index is -5.81. The van der Waals surface area contributed by atoms with Crippen LogP contribution in [0.1, 0.15) is 27.7 Å². The van der Waals surface area contributed by atoms with Gasteiger partial charge in [0.05, 0.1) is 0 Å². The number of halogens is 12. The fourth-order valence-electron chi connectivity index (χ4n) is 3.95. The van der Waals surface area contributed by atoms with Crippen LogP contribution in [0, 0.1) is 0 Å². The van der Waals surface area contributed by atoms with E-state index < -0.39 is 284 Å². The molecule has 53 nitrogen and oxygen atoms in total. The first-order valence-corrected chi connectivity index (χ1v) is 48.2. The van der Waals surface area contributed by atoms with Crippen LogP contribution in [0.25, 0.3) is 0 Å². The minimum absolute atomic E-state index is 0.865.